The fourth-order valence-corrected chi connectivity index (χ4v) is 4.85. The van der Waals surface area contributed by atoms with E-state index in [-0.39, 0.29) is 5.56 Å². The van der Waals surface area contributed by atoms with Crippen molar-refractivity contribution in [2.75, 3.05) is 7.11 Å². The molecule has 5 nitrogen and oxygen atoms in total. The Morgan fingerprint density at radius 1 is 1.21 bits per heavy atom. The Morgan fingerprint density at radius 3 is 2.66 bits per heavy atom. The first-order chi connectivity index (χ1) is 14.0. The van der Waals surface area contributed by atoms with E-state index >= 15 is 0 Å². The van der Waals surface area contributed by atoms with E-state index in [0.29, 0.717) is 20.6 Å². The summed E-state index contributed by atoms with van der Waals surface area (Å²) >= 11 is 4.77. The number of nitrogens with zero attached hydrogens (tertiary/aromatic N) is 2. The highest BCUT2D eigenvalue weighted by Gasteiger charge is 2.32. The van der Waals surface area contributed by atoms with Crippen LogP contribution >= 0.6 is 27.3 Å². The summed E-state index contributed by atoms with van der Waals surface area (Å²) in [5.74, 6) is -0.485. The first-order valence-electron chi connectivity index (χ1n) is 8.91. The van der Waals surface area contributed by atoms with Crippen molar-refractivity contribution in [1.29, 1.82) is 0 Å². The predicted octanol–water partition coefficient (Wildman–Crippen LogP) is 3.17. The molecule has 1 aromatic heterocycles. The molecule has 1 aliphatic rings. The van der Waals surface area contributed by atoms with Gasteiger partial charge < -0.3 is 4.74 Å². The SMILES string of the molecule is COC(=O)C1=C(C)N=c2s/c(=C/c3cccc(Br)c3)c(=O)n2[C@H]1c1ccccc1. The summed E-state index contributed by atoms with van der Waals surface area (Å²) in [4.78, 5) is 31.0. The molecular weight excluding hydrogens is 452 g/mol. The number of hydrogen-bond acceptors (Lipinski definition) is 5. The average molecular weight is 469 g/mol. The third kappa shape index (κ3) is 3.63. The van der Waals surface area contributed by atoms with Gasteiger partial charge >= 0.3 is 5.97 Å². The zero-order chi connectivity index (χ0) is 20.5. The maximum absolute atomic E-state index is 13.3. The highest BCUT2D eigenvalue weighted by Crippen LogP contribution is 2.30. The van der Waals surface area contributed by atoms with Crippen LogP contribution in [0.25, 0.3) is 6.08 Å². The van der Waals surface area contributed by atoms with Crippen molar-refractivity contribution >= 4 is 39.3 Å². The summed E-state index contributed by atoms with van der Waals surface area (Å²) in [5.41, 5.74) is 2.49. The zero-order valence-electron chi connectivity index (χ0n) is 15.8. The molecule has 3 aromatic rings. The van der Waals surface area contributed by atoms with Crippen LogP contribution in [0.4, 0.5) is 0 Å². The molecule has 2 aromatic carbocycles. The molecule has 7 heteroatoms. The van der Waals surface area contributed by atoms with E-state index in [1.165, 1.54) is 18.4 Å². The minimum Gasteiger partial charge on any atom is -0.466 e. The Labute approximate surface area is 179 Å². The molecular formula is C22H17BrN2O3S. The van der Waals surface area contributed by atoms with Crippen molar-refractivity contribution in [3.63, 3.8) is 0 Å². The number of allylic oxidation sites excluding steroid dienone is 1. The average Bonchev–Trinajstić information content (AvgIpc) is 3.02. The third-order valence-corrected chi connectivity index (χ3v) is 6.16. The fraction of sp³-hybridized carbons (Fsp3) is 0.136. The molecule has 146 valence electrons. The summed E-state index contributed by atoms with van der Waals surface area (Å²) < 4.78 is 8.08. The zero-order valence-corrected chi connectivity index (χ0v) is 18.2. The highest BCUT2D eigenvalue weighted by molar-refractivity contribution is 9.10. The lowest BCUT2D eigenvalue weighted by Gasteiger charge is -2.24. The topological polar surface area (TPSA) is 60.7 Å². The van der Waals surface area contributed by atoms with Gasteiger partial charge in [0, 0.05) is 4.47 Å². The third-order valence-electron chi connectivity index (χ3n) is 4.69. The number of methoxy groups -OCH3 is 1. The van der Waals surface area contributed by atoms with Gasteiger partial charge in [0.1, 0.15) is 0 Å². The van der Waals surface area contributed by atoms with E-state index in [0.717, 1.165) is 15.6 Å². The van der Waals surface area contributed by atoms with Crippen LogP contribution in [0, 0.1) is 0 Å². The summed E-state index contributed by atoms with van der Waals surface area (Å²) in [6, 6.07) is 16.6. The molecule has 0 saturated heterocycles. The second kappa shape index (κ2) is 7.93. The van der Waals surface area contributed by atoms with E-state index < -0.39 is 12.0 Å². The Morgan fingerprint density at radius 2 is 1.97 bits per heavy atom. The smallest absolute Gasteiger partial charge is 0.338 e. The molecule has 0 radical (unpaired) electrons. The van der Waals surface area contributed by atoms with Crippen LogP contribution in [0.5, 0.6) is 0 Å². The van der Waals surface area contributed by atoms with Crippen LogP contribution in [-0.2, 0) is 9.53 Å². The first-order valence-corrected chi connectivity index (χ1v) is 10.5. The minimum atomic E-state index is -0.579. The van der Waals surface area contributed by atoms with Gasteiger partial charge in [-0.05, 0) is 36.3 Å². The summed E-state index contributed by atoms with van der Waals surface area (Å²) in [6.07, 6.45) is 1.84. The molecule has 0 fully saturated rings. The molecule has 0 N–H and O–H groups in total. The van der Waals surface area contributed by atoms with Crippen molar-refractivity contribution in [3.8, 4) is 0 Å². The number of carbonyl (C=O) groups is 1. The lowest BCUT2D eigenvalue weighted by atomic mass is 9.96. The normalized spacial score (nSPS) is 16.4. The lowest BCUT2D eigenvalue weighted by Crippen LogP contribution is -2.39. The lowest BCUT2D eigenvalue weighted by molar-refractivity contribution is -0.136. The largest absolute Gasteiger partial charge is 0.466 e. The Hall–Kier alpha value is -2.77. The van der Waals surface area contributed by atoms with Crippen molar-refractivity contribution < 1.29 is 9.53 Å². The number of carbonyl (C=O) groups excluding carboxylic acids is 1. The van der Waals surface area contributed by atoms with Crippen LogP contribution in [0.15, 0.2) is 80.1 Å². The van der Waals surface area contributed by atoms with Gasteiger partial charge in [0.05, 0.1) is 29.0 Å². The van der Waals surface area contributed by atoms with Crippen molar-refractivity contribution in [2.24, 2.45) is 4.99 Å². The molecule has 0 spiro atoms. The van der Waals surface area contributed by atoms with Crippen LogP contribution in [-0.4, -0.2) is 17.6 Å². The van der Waals surface area contributed by atoms with Crippen molar-refractivity contribution in [2.45, 2.75) is 13.0 Å². The minimum absolute atomic E-state index is 0.184. The number of esters is 1. The van der Waals surface area contributed by atoms with E-state index in [2.05, 4.69) is 20.9 Å². The van der Waals surface area contributed by atoms with Crippen LogP contribution in [0.3, 0.4) is 0 Å². The molecule has 0 amide bonds. The van der Waals surface area contributed by atoms with Crippen molar-refractivity contribution in [3.05, 3.63) is 101 Å². The van der Waals surface area contributed by atoms with E-state index in [4.69, 9.17) is 4.74 Å². The highest BCUT2D eigenvalue weighted by atomic mass is 79.9. The van der Waals surface area contributed by atoms with E-state index in [9.17, 15) is 9.59 Å². The van der Waals surface area contributed by atoms with E-state index in [1.54, 1.807) is 11.5 Å². The molecule has 0 saturated carbocycles. The van der Waals surface area contributed by atoms with Gasteiger partial charge in [0.2, 0.25) is 0 Å². The number of aromatic nitrogens is 1. The number of thiazole rings is 1. The molecule has 0 unspecified atom stereocenters. The Bertz CT molecular complexity index is 1310. The number of fused-ring (bicyclic) bond motifs is 1. The molecule has 1 aliphatic heterocycles. The number of rotatable bonds is 3. The second-order valence-electron chi connectivity index (χ2n) is 6.54. The van der Waals surface area contributed by atoms with Gasteiger partial charge in [-0.2, -0.15) is 0 Å². The number of benzene rings is 2. The molecule has 2 heterocycles. The standard InChI is InChI=1S/C22H17BrN2O3S/c1-13-18(21(27)28-2)19(15-8-4-3-5-9-15)25-20(26)17(29-22(25)24-13)12-14-7-6-10-16(23)11-14/h3-12,19H,1-2H3/b17-12+/t19-/m0/s1. The maximum atomic E-state index is 13.3. The molecule has 0 bridgehead atoms. The van der Waals surface area contributed by atoms with Crippen LogP contribution < -0.4 is 14.9 Å². The maximum Gasteiger partial charge on any atom is 0.338 e. The molecule has 29 heavy (non-hydrogen) atoms. The van der Waals surface area contributed by atoms with E-state index in [1.807, 2.05) is 60.7 Å². The second-order valence-corrected chi connectivity index (χ2v) is 8.46. The van der Waals surface area contributed by atoms with Crippen molar-refractivity contribution in [1.82, 2.24) is 4.57 Å². The van der Waals surface area contributed by atoms with Gasteiger partial charge in [-0.3, -0.25) is 9.36 Å². The van der Waals surface area contributed by atoms with Crippen LogP contribution in [0.1, 0.15) is 24.1 Å². The summed E-state index contributed by atoms with van der Waals surface area (Å²) in [7, 11) is 1.34. The quantitative estimate of drug-likeness (QED) is 0.554. The van der Waals surface area contributed by atoms with Gasteiger partial charge in [0.15, 0.2) is 4.80 Å². The fourth-order valence-electron chi connectivity index (χ4n) is 3.39. The number of halogens is 1. The molecule has 0 aliphatic carbocycles. The molecule has 4 rings (SSSR count). The number of hydrogen-bond donors (Lipinski definition) is 0. The van der Waals surface area contributed by atoms with Gasteiger partial charge in [0.25, 0.3) is 5.56 Å². The Balaban J connectivity index is 1.98. The molecule has 1 atom stereocenters. The number of ether oxygens (including phenoxy) is 1. The predicted molar refractivity (Wildman–Crippen MR) is 116 cm³/mol. The monoisotopic (exact) mass is 468 g/mol. The van der Waals surface area contributed by atoms with Gasteiger partial charge in [-0.25, -0.2) is 9.79 Å². The van der Waals surface area contributed by atoms with Gasteiger partial charge in [-0.1, -0.05) is 69.7 Å². The summed E-state index contributed by atoms with van der Waals surface area (Å²) in [6.45, 7) is 1.77. The summed E-state index contributed by atoms with van der Waals surface area (Å²) in [5, 5.41) is 0. The first kappa shape index (κ1) is 19.5. The van der Waals surface area contributed by atoms with Crippen LogP contribution in [0.2, 0.25) is 0 Å². The van der Waals surface area contributed by atoms with Gasteiger partial charge in [-0.15, -0.1) is 0 Å². The Kier molecular flexibility index (Phi) is 5.34.